The maximum atomic E-state index is 13.4. The van der Waals surface area contributed by atoms with Gasteiger partial charge in [-0.25, -0.2) is 4.98 Å². The number of carbonyl (C=O) groups is 4. The summed E-state index contributed by atoms with van der Waals surface area (Å²) in [6.07, 6.45) is -0.987. The number of ketones is 2. The number of pyridine rings is 1. The molecule has 1 aliphatic rings. The van der Waals surface area contributed by atoms with E-state index in [1.165, 1.54) is 13.0 Å². The number of aliphatic hydroxyl groups excluding tert-OH is 1. The molecule has 1 fully saturated rings. The Morgan fingerprint density at radius 2 is 1.82 bits per heavy atom. The zero-order chi connectivity index (χ0) is 28.5. The van der Waals surface area contributed by atoms with E-state index in [0.717, 1.165) is 5.56 Å². The van der Waals surface area contributed by atoms with Crippen molar-refractivity contribution in [3.05, 3.63) is 54.2 Å². The molecule has 1 aromatic carbocycles. The van der Waals surface area contributed by atoms with Crippen molar-refractivity contribution in [1.29, 1.82) is 0 Å². The maximum absolute atomic E-state index is 13.4. The molecule has 39 heavy (non-hydrogen) atoms. The first-order valence-electron chi connectivity index (χ1n) is 13.5. The number of aromatic nitrogens is 1. The second-order valence-electron chi connectivity index (χ2n) is 10.4. The van der Waals surface area contributed by atoms with Gasteiger partial charge in [0.05, 0.1) is 18.2 Å². The van der Waals surface area contributed by atoms with E-state index in [1.54, 1.807) is 12.1 Å². The van der Waals surface area contributed by atoms with Gasteiger partial charge in [-0.2, -0.15) is 0 Å². The lowest BCUT2D eigenvalue weighted by molar-refractivity contribution is -0.148. The molecule has 0 spiro atoms. The molecule has 3 rings (SSSR count). The van der Waals surface area contributed by atoms with Crippen molar-refractivity contribution in [3.8, 4) is 11.3 Å². The molecule has 208 valence electrons. The average Bonchev–Trinajstić information content (AvgIpc) is 2.91. The first kappa shape index (κ1) is 30.2. The van der Waals surface area contributed by atoms with Gasteiger partial charge in [-0.05, 0) is 37.8 Å². The van der Waals surface area contributed by atoms with Crippen LogP contribution in [0.3, 0.4) is 0 Å². The smallest absolute Gasteiger partial charge is 0.509 e. The molecule has 1 aliphatic heterocycles. The highest BCUT2D eigenvalue weighted by molar-refractivity contribution is 6.50. The molecule has 2 N–H and O–H groups in total. The minimum absolute atomic E-state index is 0.107. The summed E-state index contributed by atoms with van der Waals surface area (Å²) in [5, 5.41) is 13.0. The number of nitrogens with zero attached hydrogens (tertiary/aromatic N) is 1. The number of aliphatic hydroxyl groups is 1. The minimum Gasteiger partial charge on any atom is -0.509 e. The summed E-state index contributed by atoms with van der Waals surface area (Å²) in [5.74, 6) is -2.19. The van der Waals surface area contributed by atoms with Gasteiger partial charge < -0.3 is 19.7 Å². The third kappa shape index (κ3) is 8.56. The van der Waals surface area contributed by atoms with Crippen LogP contribution in [-0.2, 0) is 23.7 Å². The van der Waals surface area contributed by atoms with Crippen LogP contribution in [0.2, 0.25) is 5.82 Å². The van der Waals surface area contributed by atoms with Crippen molar-refractivity contribution in [2.75, 3.05) is 0 Å². The average molecular weight is 536 g/mol. The highest BCUT2D eigenvalue weighted by atomic mass is 16.6. The van der Waals surface area contributed by atoms with E-state index in [4.69, 9.17) is 9.31 Å². The van der Waals surface area contributed by atoms with Gasteiger partial charge in [0.25, 0.3) is 11.9 Å². The SMILES string of the molecule is CCCC(=O)[C@H]1CC(=O)OB([C@@H](CC(=O)[C@@H](NC(=O)c2cccc(-c3ccccc3)n2)[C@@H](C)O)CC(C)C)O1. The van der Waals surface area contributed by atoms with Crippen molar-refractivity contribution >= 4 is 30.6 Å². The number of amides is 1. The molecule has 0 saturated carbocycles. The quantitative estimate of drug-likeness (QED) is 0.370. The van der Waals surface area contributed by atoms with Crippen LogP contribution in [0.1, 0.15) is 70.3 Å². The molecular formula is C29H37BN2O7. The summed E-state index contributed by atoms with van der Waals surface area (Å²) in [6, 6.07) is 13.2. The van der Waals surface area contributed by atoms with Gasteiger partial charge in [0.15, 0.2) is 11.6 Å². The largest absolute Gasteiger partial charge is 0.531 e. The molecule has 0 bridgehead atoms. The fraction of sp³-hybridized carbons (Fsp3) is 0.483. The van der Waals surface area contributed by atoms with Gasteiger partial charge in [-0.15, -0.1) is 0 Å². The molecule has 1 saturated heterocycles. The number of carbonyl (C=O) groups excluding carboxylic acids is 4. The molecule has 9 nitrogen and oxygen atoms in total. The molecule has 0 radical (unpaired) electrons. The van der Waals surface area contributed by atoms with E-state index in [1.807, 2.05) is 51.1 Å². The highest BCUT2D eigenvalue weighted by Gasteiger charge is 2.44. The first-order valence-corrected chi connectivity index (χ1v) is 13.5. The predicted octanol–water partition coefficient (Wildman–Crippen LogP) is 3.79. The van der Waals surface area contributed by atoms with Gasteiger partial charge >= 0.3 is 7.12 Å². The summed E-state index contributed by atoms with van der Waals surface area (Å²) in [7, 11) is -1.07. The zero-order valence-corrected chi connectivity index (χ0v) is 23.0. The van der Waals surface area contributed by atoms with Gasteiger partial charge in [0.1, 0.15) is 17.8 Å². The zero-order valence-electron chi connectivity index (χ0n) is 23.0. The predicted molar refractivity (Wildman–Crippen MR) is 147 cm³/mol. The number of nitrogens with one attached hydrogen (secondary N) is 1. The number of hydrogen-bond donors (Lipinski definition) is 2. The molecule has 0 unspecified atom stereocenters. The van der Waals surface area contributed by atoms with Crippen molar-refractivity contribution in [1.82, 2.24) is 10.3 Å². The van der Waals surface area contributed by atoms with Crippen LogP contribution in [-0.4, -0.2) is 58.9 Å². The minimum atomic E-state index is -1.22. The van der Waals surface area contributed by atoms with Crippen LogP contribution in [0.25, 0.3) is 11.3 Å². The standard InChI is InChI=1S/C29H37BN2O7/c1-5-10-24(34)26-17-27(36)39-30(38-26)21(15-18(2)3)16-25(35)28(19(4)33)32-29(37)23-14-9-13-22(31-23)20-11-7-6-8-12-20/h6-9,11-14,18-19,21,26,28,33H,5,10,15-17H2,1-4H3,(H,32,37)/t19-,21-,26-,28+/m1/s1. The normalized spacial score (nSPS) is 17.7. The lowest BCUT2D eigenvalue weighted by Gasteiger charge is -2.32. The fourth-order valence-corrected chi connectivity index (χ4v) is 4.67. The topological polar surface area (TPSA) is 132 Å². The van der Waals surface area contributed by atoms with E-state index in [-0.39, 0.29) is 36.7 Å². The molecule has 2 heterocycles. The molecule has 10 heteroatoms. The lowest BCUT2D eigenvalue weighted by atomic mass is 9.64. The molecular weight excluding hydrogens is 499 g/mol. The Balaban J connectivity index is 1.75. The summed E-state index contributed by atoms with van der Waals surface area (Å²) in [6.45, 7) is 7.21. The molecule has 2 aromatic rings. The van der Waals surface area contributed by atoms with Crippen LogP contribution in [0.4, 0.5) is 0 Å². The molecule has 0 aliphatic carbocycles. The van der Waals surface area contributed by atoms with Crippen molar-refractivity contribution < 1.29 is 33.6 Å². The summed E-state index contributed by atoms with van der Waals surface area (Å²) in [5.41, 5.74) is 1.54. The molecule has 1 amide bonds. The number of benzene rings is 1. The van der Waals surface area contributed by atoms with E-state index in [2.05, 4.69) is 10.3 Å². The van der Waals surface area contributed by atoms with Gasteiger partial charge in [0, 0.05) is 24.2 Å². The number of Topliss-reactive ketones (excluding diaryl/α,β-unsaturated/α-hetero) is 2. The second-order valence-corrected chi connectivity index (χ2v) is 10.4. The van der Waals surface area contributed by atoms with Crippen molar-refractivity contribution in [2.45, 2.75) is 83.9 Å². The van der Waals surface area contributed by atoms with Crippen LogP contribution in [0.15, 0.2) is 48.5 Å². The lowest BCUT2D eigenvalue weighted by Crippen LogP contribution is -2.50. The van der Waals surface area contributed by atoms with E-state index in [0.29, 0.717) is 18.5 Å². The molecule has 1 aromatic heterocycles. The monoisotopic (exact) mass is 536 g/mol. The number of rotatable bonds is 13. The van der Waals surface area contributed by atoms with Crippen molar-refractivity contribution in [2.24, 2.45) is 5.92 Å². The third-order valence-corrected chi connectivity index (χ3v) is 6.54. The Kier molecular flexibility index (Phi) is 10.9. The summed E-state index contributed by atoms with van der Waals surface area (Å²) >= 11 is 0. The Morgan fingerprint density at radius 3 is 2.46 bits per heavy atom. The van der Waals surface area contributed by atoms with Crippen LogP contribution >= 0.6 is 0 Å². The molecule has 4 atom stereocenters. The van der Waals surface area contributed by atoms with Crippen LogP contribution in [0, 0.1) is 5.92 Å². The third-order valence-electron chi connectivity index (χ3n) is 6.54. The summed E-state index contributed by atoms with van der Waals surface area (Å²) < 4.78 is 11.3. The number of hydrogen-bond acceptors (Lipinski definition) is 8. The maximum Gasteiger partial charge on any atom is 0.531 e. The van der Waals surface area contributed by atoms with Crippen LogP contribution < -0.4 is 5.32 Å². The fourth-order valence-electron chi connectivity index (χ4n) is 4.67. The van der Waals surface area contributed by atoms with Gasteiger partial charge in [-0.3, -0.25) is 19.2 Å². The van der Waals surface area contributed by atoms with Gasteiger partial charge in [0.2, 0.25) is 0 Å². The summed E-state index contributed by atoms with van der Waals surface area (Å²) in [4.78, 5) is 55.6. The Hall–Kier alpha value is -3.37. The van der Waals surface area contributed by atoms with Crippen molar-refractivity contribution in [3.63, 3.8) is 0 Å². The van der Waals surface area contributed by atoms with E-state index < -0.39 is 48.8 Å². The Morgan fingerprint density at radius 1 is 1.10 bits per heavy atom. The Bertz CT molecular complexity index is 1160. The second kappa shape index (κ2) is 14.1. The van der Waals surface area contributed by atoms with Crippen LogP contribution in [0.5, 0.6) is 0 Å². The van der Waals surface area contributed by atoms with E-state index >= 15 is 0 Å². The van der Waals surface area contributed by atoms with E-state index in [9.17, 15) is 24.3 Å². The Labute approximate surface area is 229 Å². The van der Waals surface area contributed by atoms with Gasteiger partial charge in [-0.1, -0.05) is 57.2 Å². The first-order chi connectivity index (χ1) is 18.6. The highest BCUT2D eigenvalue weighted by Crippen LogP contribution is 2.31.